The molecule has 4 heteroatoms. The highest BCUT2D eigenvalue weighted by Gasteiger charge is 2.10. The van der Waals surface area contributed by atoms with Crippen molar-refractivity contribution in [1.82, 2.24) is 5.32 Å². The number of amides is 1. The quantitative estimate of drug-likeness (QED) is 0.907. The molecule has 1 aliphatic rings. The summed E-state index contributed by atoms with van der Waals surface area (Å²) in [6.07, 6.45) is 2.42. The Balaban J connectivity index is 1.58. The number of rotatable bonds is 4. The van der Waals surface area contributed by atoms with Gasteiger partial charge in [-0.15, -0.1) is 11.3 Å². The van der Waals surface area contributed by atoms with Gasteiger partial charge in [0.1, 0.15) is 0 Å². The smallest absolute Gasteiger partial charge is 0.224 e. The number of anilines is 1. The Labute approximate surface area is 123 Å². The van der Waals surface area contributed by atoms with Crippen LogP contribution in [-0.2, 0) is 24.2 Å². The molecule has 1 aliphatic heterocycles. The molecule has 0 atom stereocenters. The van der Waals surface area contributed by atoms with Gasteiger partial charge in [0.25, 0.3) is 0 Å². The van der Waals surface area contributed by atoms with Crippen molar-refractivity contribution < 1.29 is 4.79 Å². The second kappa shape index (κ2) is 6.20. The summed E-state index contributed by atoms with van der Waals surface area (Å²) < 4.78 is 0. The predicted octanol–water partition coefficient (Wildman–Crippen LogP) is 2.97. The number of benzene rings is 1. The van der Waals surface area contributed by atoms with Crippen LogP contribution in [0, 0.1) is 0 Å². The molecule has 2 heterocycles. The molecule has 0 unspecified atom stereocenters. The third-order valence-corrected chi connectivity index (χ3v) is 4.49. The van der Waals surface area contributed by atoms with Gasteiger partial charge in [-0.3, -0.25) is 4.79 Å². The van der Waals surface area contributed by atoms with Crippen molar-refractivity contribution >= 4 is 22.9 Å². The summed E-state index contributed by atoms with van der Waals surface area (Å²) in [5.74, 6) is 0.0853. The second-order valence-electron chi connectivity index (χ2n) is 5.04. The summed E-state index contributed by atoms with van der Waals surface area (Å²) in [4.78, 5) is 13.2. The van der Waals surface area contributed by atoms with Gasteiger partial charge < -0.3 is 10.6 Å². The molecule has 0 radical (unpaired) electrons. The fourth-order valence-corrected chi connectivity index (χ4v) is 3.18. The van der Waals surface area contributed by atoms with Crippen LogP contribution in [0.3, 0.4) is 0 Å². The average molecular weight is 286 g/mol. The highest BCUT2D eigenvalue weighted by molar-refractivity contribution is 7.09. The molecule has 0 aliphatic carbocycles. The number of aryl methyl sites for hydroxylation is 1. The first kappa shape index (κ1) is 13.3. The van der Waals surface area contributed by atoms with Crippen LogP contribution >= 0.6 is 11.3 Å². The lowest BCUT2D eigenvalue weighted by Gasteiger charge is -2.18. The molecule has 1 amide bonds. The Morgan fingerprint density at radius 1 is 1.30 bits per heavy atom. The monoisotopic (exact) mass is 286 g/mol. The van der Waals surface area contributed by atoms with Crippen LogP contribution in [0.25, 0.3) is 0 Å². The van der Waals surface area contributed by atoms with E-state index in [1.54, 1.807) is 11.3 Å². The minimum absolute atomic E-state index is 0.0853. The van der Waals surface area contributed by atoms with Crippen LogP contribution in [0.5, 0.6) is 0 Å². The number of thiophene rings is 1. The molecule has 20 heavy (non-hydrogen) atoms. The number of carbonyl (C=O) groups is 1. The number of carbonyl (C=O) groups excluding carboxylic acids is 1. The zero-order chi connectivity index (χ0) is 13.8. The lowest BCUT2D eigenvalue weighted by Crippen LogP contribution is -2.23. The van der Waals surface area contributed by atoms with E-state index in [9.17, 15) is 4.79 Å². The van der Waals surface area contributed by atoms with Gasteiger partial charge in [0.05, 0.1) is 0 Å². The summed E-state index contributed by atoms with van der Waals surface area (Å²) >= 11 is 1.70. The van der Waals surface area contributed by atoms with Gasteiger partial charge in [0, 0.05) is 23.5 Å². The number of nitrogens with one attached hydrogen (secondary N) is 2. The molecule has 0 saturated heterocycles. The normalized spacial score (nSPS) is 13.8. The molecule has 3 rings (SSSR count). The molecule has 104 valence electrons. The molecule has 1 aromatic heterocycles. The third-order valence-electron chi connectivity index (χ3n) is 3.56. The van der Waals surface area contributed by atoms with E-state index in [1.165, 1.54) is 16.0 Å². The van der Waals surface area contributed by atoms with Crippen LogP contribution in [-0.4, -0.2) is 12.5 Å². The van der Waals surface area contributed by atoms with Crippen LogP contribution in [0.15, 0.2) is 35.7 Å². The zero-order valence-electron chi connectivity index (χ0n) is 11.3. The van der Waals surface area contributed by atoms with Crippen molar-refractivity contribution in [3.05, 3.63) is 51.7 Å². The van der Waals surface area contributed by atoms with E-state index in [-0.39, 0.29) is 5.91 Å². The number of fused-ring (bicyclic) bond motifs is 1. The van der Waals surface area contributed by atoms with E-state index in [1.807, 2.05) is 17.5 Å². The Morgan fingerprint density at radius 3 is 3.10 bits per heavy atom. The highest BCUT2D eigenvalue weighted by atomic mass is 32.1. The van der Waals surface area contributed by atoms with Gasteiger partial charge in [0.15, 0.2) is 0 Å². The molecular weight excluding hydrogens is 268 g/mol. The van der Waals surface area contributed by atoms with E-state index >= 15 is 0 Å². The molecule has 1 aromatic carbocycles. The fourth-order valence-electron chi connectivity index (χ4n) is 2.47. The molecule has 0 saturated carbocycles. The van der Waals surface area contributed by atoms with Crippen molar-refractivity contribution in [2.45, 2.75) is 25.8 Å². The van der Waals surface area contributed by atoms with Crippen LogP contribution < -0.4 is 10.6 Å². The van der Waals surface area contributed by atoms with Crippen LogP contribution in [0.1, 0.15) is 22.4 Å². The van der Waals surface area contributed by atoms with Crippen molar-refractivity contribution in [3.63, 3.8) is 0 Å². The second-order valence-corrected chi connectivity index (χ2v) is 6.07. The largest absolute Gasteiger partial charge is 0.326 e. The van der Waals surface area contributed by atoms with Crippen molar-refractivity contribution in [2.24, 2.45) is 0 Å². The molecule has 0 fully saturated rings. The minimum atomic E-state index is 0.0853. The SMILES string of the molecule is O=C(CCc1cccs1)Nc1ccc2c(c1)CNCC2. The Morgan fingerprint density at radius 2 is 2.25 bits per heavy atom. The highest BCUT2D eigenvalue weighted by Crippen LogP contribution is 2.19. The maximum atomic E-state index is 12.0. The van der Waals surface area contributed by atoms with Gasteiger partial charge in [0.2, 0.25) is 5.91 Å². The van der Waals surface area contributed by atoms with E-state index in [2.05, 4.69) is 28.8 Å². The summed E-state index contributed by atoms with van der Waals surface area (Å²) in [5.41, 5.74) is 3.59. The Bertz CT molecular complexity index is 593. The molecule has 2 aromatic rings. The molecule has 2 N–H and O–H groups in total. The third kappa shape index (κ3) is 3.26. The van der Waals surface area contributed by atoms with Gasteiger partial charge in [-0.2, -0.15) is 0 Å². The maximum absolute atomic E-state index is 12.0. The van der Waals surface area contributed by atoms with Crippen molar-refractivity contribution in [2.75, 3.05) is 11.9 Å². The number of hydrogen-bond donors (Lipinski definition) is 2. The zero-order valence-corrected chi connectivity index (χ0v) is 12.1. The van der Waals surface area contributed by atoms with E-state index in [0.29, 0.717) is 6.42 Å². The minimum Gasteiger partial charge on any atom is -0.326 e. The Hall–Kier alpha value is -1.65. The lowest BCUT2D eigenvalue weighted by atomic mass is 10.0. The van der Waals surface area contributed by atoms with Gasteiger partial charge in [-0.25, -0.2) is 0 Å². The number of hydrogen-bond acceptors (Lipinski definition) is 3. The van der Waals surface area contributed by atoms with Gasteiger partial charge >= 0.3 is 0 Å². The topological polar surface area (TPSA) is 41.1 Å². The van der Waals surface area contributed by atoms with E-state index in [0.717, 1.165) is 31.6 Å². The molecule has 3 nitrogen and oxygen atoms in total. The molecule has 0 bridgehead atoms. The standard InChI is InChI=1S/C16H18N2OS/c19-16(6-5-15-2-1-9-20-15)18-14-4-3-12-7-8-17-11-13(12)10-14/h1-4,9-10,17H,5-8,11H2,(H,18,19). The fraction of sp³-hybridized carbons (Fsp3) is 0.312. The summed E-state index contributed by atoms with van der Waals surface area (Å²) in [6, 6.07) is 10.3. The van der Waals surface area contributed by atoms with E-state index in [4.69, 9.17) is 0 Å². The predicted molar refractivity (Wildman–Crippen MR) is 83.1 cm³/mol. The summed E-state index contributed by atoms with van der Waals surface area (Å²) in [7, 11) is 0. The van der Waals surface area contributed by atoms with Crippen LogP contribution in [0.2, 0.25) is 0 Å². The van der Waals surface area contributed by atoms with Crippen molar-refractivity contribution in [3.8, 4) is 0 Å². The van der Waals surface area contributed by atoms with Crippen molar-refractivity contribution in [1.29, 1.82) is 0 Å². The first-order valence-electron chi connectivity index (χ1n) is 6.96. The first-order valence-corrected chi connectivity index (χ1v) is 7.84. The summed E-state index contributed by atoms with van der Waals surface area (Å²) in [6.45, 7) is 1.94. The van der Waals surface area contributed by atoms with Gasteiger partial charge in [-0.1, -0.05) is 12.1 Å². The van der Waals surface area contributed by atoms with Crippen LogP contribution in [0.4, 0.5) is 5.69 Å². The molecule has 0 spiro atoms. The Kier molecular flexibility index (Phi) is 4.14. The summed E-state index contributed by atoms with van der Waals surface area (Å²) in [5, 5.41) is 8.39. The maximum Gasteiger partial charge on any atom is 0.224 e. The average Bonchev–Trinajstić information content (AvgIpc) is 2.98. The van der Waals surface area contributed by atoms with Gasteiger partial charge in [-0.05, 0) is 54.1 Å². The first-order chi connectivity index (χ1) is 9.81. The molecular formula is C16H18N2OS. The van der Waals surface area contributed by atoms with E-state index < -0.39 is 0 Å². The lowest BCUT2D eigenvalue weighted by molar-refractivity contribution is -0.116.